The van der Waals surface area contributed by atoms with Gasteiger partial charge in [-0.1, -0.05) is 43.0 Å². The SMILES string of the molecule is CCC(=O)Nc1ccc(C(=O)CSc2nnc(-c3ccc(F)cc3)c3ccccc23)cc1. The van der Waals surface area contributed by atoms with Gasteiger partial charge in [-0.25, -0.2) is 4.39 Å². The minimum Gasteiger partial charge on any atom is -0.326 e. The second-order valence-electron chi connectivity index (χ2n) is 7.10. The number of thioether (sulfide) groups is 1. The van der Waals surface area contributed by atoms with Crippen LogP contribution in [0.1, 0.15) is 23.7 Å². The number of hydrogen-bond donors (Lipinski definition) is 1. The highest BCUT2D eigenvalue weighted by Crippen LogP contribution is 2.32. The number of ketones is 1. The number of nitrogens with one attached hydrogen (secondary N) is 1. The highest BCUT2D eigenvalue weighted by atomic mass is 32.2. The predicted molar refractivity (Wildman–Crippen MR) is 125 cm³/mol. The Hall–Kier alpha value is -3.58. The van der Waals surface area contributed by atoms with E-state index in [0.29, 0.717) is 28.4 Å². The number of nitrogens with zero attached hydrogens (tertiary/aromatic N) is 2. The van der Waals surface area contributed by atoms with Gasteiger partial charge in [0.1, 0.15) is 16.5 Å². The van der Waals surface area contributed by atoms with Crippen molar-refractivity contribution in [3.63, 3.8) is 0 Å². The van der Waals surface area contributed by atoms with Crippen molar-refractivity contribution in [2.24, 2.45) is 0 Å². The summed E-state index contributed by atoms with van der Waals surface area (Å²) in [4.78, 5) is 24.2. The lowest BCUT2D eigenvalue weighted by Crippen LogP contribution is -2.09. The summed E-state index contributed by atoms with van der Waals surface area (Å²) in [6.07, 6.45) is 0.395. The molecular formula is C25H20FN3O2S. The van der Waals surface area contributed by atoms with Crippen LogP contribution in [0.5, 0.6) is 0 Å². The number of carbonyl (C=O) groups excluding carboxylic acids is 2. The number of Topliss-reactive ketones (excluding diaryl/α,β-unsaturated/α-hetero) is 1. The molecule has 1 N–H and O–H groups in total. The number of amides is 1. The van der Waals surface area contributed by atoms with E-state index in [1.54, 1.807) is 43.3 Å². The molecule has 1 aromatic heterocycles. The minimum atomic E-state index is -0.308. The Kier molecular flexibility index (Phi) is 6.56. The third-order valence-electron chi connectivity index (χ3n) is 4.92. The number of anilines is 1. The average Bonchev–Trinajstić information content (AvgIpc) is 2.83. The third-order valence-corrected chi connectivity index (χ3v) is 5.90. The number of rotatable bonds is 7. The number of benzene rings is 3. The first-order valence-electron chi connectivity index (χ1n) is 10.1. The van der Waals surface area contributed by atoms with Gasteiger partial charge in [0.25, 0.3) is 0 Å². The molecule has 0 aliphatic heterocycles. The van der Waals surface area contributed by atoms with Crippen LogP contribution in [0.25, 0.3) is 22.0 Å². The lowest BCUT2D eigenvalue weighted by molar-refractivity contribution is -0.115. The van der Waals surface area contributed by atoms with Crippen LogP contribution < -0.4 is 5.32 Å². The second-order valence-corrected chi connectivity index (χ2v) is 8.06. The Bertz CT molecular complexity index is 1270. The molecule has 32 heavy (non-hydrogen) atoms. The van der Waals surface area contributed by atoms with Crippen LogP contribution in [0.15, 0.2) is 77.8 Å². The molecule has 1 amide bonds. The van der Waals surface area contributed by atoms with E-state index in [1.807, 2.05) is 24.3 Å². The van der Waals surface area contributed by atoms with E-state index < -0.39 is 0 Å². The molecule has 0 unspecified atom stereocenters. The van der Waals surface area contributed by atoms with E-state index in [1.165, 1.54) is 23.9 Å². The number of aromatic nitrogens is 2. The lowest BCUT2D eigenvalue weighted by atomic mass is 10.1. The van der Waals surface area contributed by atoms with Gasteiger partial charge in [0, 0.05) is 34.0 Å². The van der Waals surface area contributed by atoms with Gasteiger partial charge in [0.05, 0.1) is 5.75 Å². The molecule has 0 aliphatic rings. The maximum absolute atomic E-state index is 13.3. The molecule has 3 aromatic carbocycles. The molecule has 5 nitrogen and oxygen atoms in total. The van der Waals surface area contributed by atoms with Crippen molar-refractivity contribution >= 4 is 39.9 Å². The van der Waals surface area contributed by atoms with E-state index in [-0.39, 0.29) is 23.3 Å². The smallest absolute Gasteiger partial charge is 0.224 e. The molecule has 0 aliphatic carbocycles. The van der Waals surface area contributed by atoms with Gasteiger partial charge in [0.15, 0.2) is 5.78 Å². The van der Waals surface area contributed by atoms with Crippen LogP contribution >= 0.6 is 11.8 Å². The molecule has 7 heteroatoms. The molecule has 0 radical (unpaired) electrons. The summed E-state index contributed by atoms with van der Waals surface area (Å²) in [6, 6.07) is 20.7. The molecule has 0 saturated heterocycles. The van der Waals surface area contributed by atoms with E-state index in [2.05, 4.69) is 15.5 Å². The summed E-state index contributed by atoms with van der Waals surface area (Å²) >= 11 is 1.32. The highest BCUT2D eigenvalue weighted by molar-refractivity contribution is 8.00. The summed E-state index contributed by atoms with van der Waals surface area (Å²) in [5.41, 5.74) is 2.67. The molecule has 0 spiro atoms. The van der Waals surface area contributed by atoms with Gasteiger partial charge in [-0.05, 0) is 48.5 Å². The third kappa shape index (κ3) is 4.84. The summed E-state index contributed by atoms with van der Waals surface area (Å²) < 4.78 is 13.3. The van der Waals surface area contributed by atoms with Crippen molar-refractivity contribution in [3.05, 3.63) is 84.2 Å². The number of carbonyl (C=O) groups is 2. The monoisotopic (exact) mass is 445 g/mol. The topological polar surface area (TPSA) is 72.0 Å². The van der Waals surface area contributed by atoms with Gasteiger partial charge in [-0.3, -0.25) is 9.59 Å². The van der Waals surface area contributed by atoms with Crippen LogP contribution in [0.2, 0.25) is 0 Å². The van der Waals surface area contributed by atoms with Crippen LogP contribution in [-0.4, -0.2) is 27.6 Å². The van der Waals surface area contributed by atoms with Crippen LogP contribution in [0.3, 0.4) is 0 Å². The van der Waals surface area contributed by atoms with Crippen molar-refractivity contribution < 1.29 is 14.0 Å². The van der Waals surface area contributed by atoms with E-state index in [0.717, 1.165) is 16.3 Å². The first-order valence-corrected chi connectivity index (χ1v) is 11.1. The van der Waals surface area contributed by atoms with Crippen molar-refractivity contribution in [2.75, 3.05) is 11.1 Å². The zero-order valence-electron chi connectivity index (χ0n) is 17.3. The zero-order valence-corrected chi connectivity index (χ0v) is 18.2. The Labute approximate surface area is 189 Å². The largest absolute Gasteiger partial charge is 0.326 e. The Morgan fingerprint density at radius 1 is 0.906 bits per heavy atom. The first kappa shape index (κ1) is 21.6. The molecule has 4 aromatic rings. The number of halogens is 1. The summed E-state index contributed by atoms with van der Waals surface area (Å²) in [6.45, 7) is 1.78. The van der Waals surface area contributed by atoms with E-state index >= 15 is 0 Å². The molecule has 4 rings (SSSR count). The van der Waals surface area contributed by atoms with Crippen LogP contribution in [0, 0.1) is 5.82 Å². The standard InChI is InChI=1S/C25H20FN3O2S/c1-2-23(31)27-19-13-9-16(10-14-19)22(30)15-32-25-21-6-4-3-5-20(21)24(28-29-25)17-7-11-18(26)12-8-17/h3-14H,2,15H2,1H3,(H,27,31). The molecule has 160 valence electrons. The van der Waals surface area contributed by atoms with Crippen LogP contribution in [-0.2, 0) is 4.79 Å². The minimum absolute atomic E-state index is 0.0446. The van der Waals surface area contributed by atoms with Gasteiger partial charge in [0.2, 0.25) is 5.91 Å². The summed E-state index contributed by atoms with van der Waals surface area (Å²) in [5.74, 6) is -0.224. The fraction of sp³-hybridized carbons (Fsp3) is 0.120. The van der Waals surface area contributed by atoms with Gasteiger partial charge < -0.3 is 5.32 Å². The number of fused-ring (bicyclic) bond motifs is 1. The second kappa shape index (κ2) is 9.70. The molecular weight excluding hydrogens is 425 g/mol. The lowest BCUT2D eigenvalue weighted by Gasteiger charge is -2.09. The molecule has 0 bridgehead atoms. The Morgan fingerprint density at radius 2 is 1.59 bits per heavy atom. The quantitative estimate of drug-likeness (QED) is 0.289. The molecule has 0 atom stereocenters. The Morgan fingerprint density at radius 3 is 2.28 bits per heavy atom. The van der Waals surface area contributed by atoms with E-state index in [4.69, 9.17) is 0 Å². The van der Waals surface area contributed by atoms with Crippen molar-refractivity contribution in [1.82, 2.24) is 10.2 Å². The fourth-order valence-electron chi connectivity index (χ4n) is 3.21. The van der Waals surface area contributed by atoms with Crippen LogP contribution in [0.4, 0.5) is 10.1 Å². The molecule has 0 fully saturated rings. The van der Waals surface area contributed by atoms with Gasteiger partial charge in [-0.15, -0.1) is 10.2 Å². The maximum Gasteiger partial charge on any atom is 0.224 e. The fourth-order valence-corrected chi connectivity index (χ4v) is 4.08. The maximum atomic E-state index is 13.3. The predicted octanol–water partition coefficient (Wildman–Crippen LogP) is 5.76. The average molecular weight is 446 g/mol. The summed E-state index contributed by atoms with van der Waals surface area (Å²) in [7, 11) is 0. The van der Waals surface area contributed by atoms with Gasteiger partial charge >= 0.3 is 0 Å². The normalized spacial score (nSPS) is 10.8. The molecule has 1 heterocycles. The first-order chi connectivity index (χ1) is 15.5. The van der Waals surface area contributed by atoms with Gasteiger partial charge in [-0.2, -0.15) is 0 Å². The van der Waals surface area contributed by atoms with Crippen molar-refractivity contribution in [2.45, 2.75) is 18.4 Å². The highest BCUT2D eigenvalue weighted by Gasteiger charge is 2.14. The zero-order chi connectivity index (χ0) is 22.5. The number of hydrogen-bond acceptors (Lipinski definition) is 5. The van der Waals surface area contributed by atoms with Crippen molar-refractivity contribution in [1.29, 1.82) is 0 Å². The summed E-state index contributed by atoms with van der Waals surface area (Å²) in [5, 5.41) is 13.9. The van der Waals surface area contributed by atoms with Crippen molar-refractivity contribution in [3.8, 4) is 11.3 Å². The molecule has 0 saturated carbocycles. The Balaban J connectivity index is 1.52. The van der Waals surface area contributed by atoms with E-state index in [9.17, 15) is 14.0 Å².